The first kappa shape index (κ1) is 10.6. The van der Waals surface area contributed by atoms with Crippen LogP contribution in [0.2, 0.25) is 0 Å². The SMILES string of the molecule is C#CCCOc1ccc(C(C)O)cc1. The highest BCUT2D eigenvalue weighted by atomic mass is 16.5. The average Bonchev–Trinajstić information content (AvgIpc) is 2.19. The summed E-state index contributed by atoms with van der Waals surface area (Å²) < 4.78 is 5.36. The number of aliphatic hydroxyl groups excluding tert-OH is 1. The summed E-state index contributed by atoms with van der Waals surface area (Å²) in [6, 6.07) is 7.35. The van der Waals surface area contributed by atoms with E-state index < -0.39 is 6.10 Å². The predicted molar refractivity (Wildman–Crippen MR) is 56.0 cm³/mol. The Bertz CT molecular complexity index is 306. The molecule has 2 nitrogen and oxygen atoms in total. The number of terminal acetylenes is 1. The van der Waals surface area contributed by atoms with Gasteiger partial charge in [0.1, 0.15) is 5.75 Å². The van der Waals surface area contributed by atoms with E-state index in [9.17, 15) is 5.11 Å². The fourth-order valence-electron chi connectivity index (χ4n) is 1.07. The molecule has 0 aromatic heterocycles. The second kappa shape index (κ2) is 5.31. The lowest BCUT2D eigenvalue weighted by molar-refractivity contribution is 0.199. The zero-order valence-electron chi connectivity index (χ0n) is 8.23. The molecule has 0 saturated carbocycles. The number of hydrogen-bond donors (Lipinski definition) is 1. The molecular formula is C12H14O2. The van der Waals surface area contributed by atoms with Crippen molar-refractivity contribution in [1.82, 2.24) is 0 Å². The maximum absolute atomic E-state index is 9.26. The number of benzene rings is 1. The highest BCUT2D eigenvalue weighted by molar-refractivity contribution is 5.28. The summed E-state index contributed by atoms with van der Waals surface area (Å²) in [5.74, 6) is 3.28. The van der Waals surface area contributed by atoms with E-state index in [2.05, 4.69) is 5.92 Å². The van der Waals surface area contributed by atoms with Gasteiger partial charge in [0.25, 0.3) is 0 Å². The lowest BCUT2D eigenvalue weighted by Gasteiger charge is -2.07. The molecule has 0 aliphatic carbocycles. The number of hydrogen-bond acceptors (Lipinski definition) is 2. The van der Waals surface area contributed by atoms with Gasteiger partial charge in [-0.1, -0.05) is 12.1 Å². The second-order valence-electron chi connectivity index (χ2n) is 3.05. The lowest BCUT2D eigenvalue weighted by Crippen LogP contribution is -1.96. The van der Waals surface area contributed by atoms with Gasteiger partial charge in [0, 0.05) is 6.42 Å². The molecule has 2 heteroatoms. The minimum Gasteiger partial charge on any atom is -0.493 e. The van der Waals surface area contributed by atoms with E-state index in [1.807, 2.05) is 24.3 Å². The van der Waals surface area contributed by atoms with Crippen molar-refractivity contribution in [2.24, 2.45) is 0 Å². The Labute approximate surface area is 84.5 Å². The largest absolute Gasteiger partial charge is 0.493 e. The van der Waals surface area contributed by atoms with Crippen LogP contribution < -0.4 is 4.74 Å². The molecule has 0 heterocycles. The maximum Gasteiger partial charge on any atom is 0.119 e. The van der Waals surface area contributed by atoms with Crippen LogP contribution in [0.1, 0.15) is 25.0 Å². The van der Waals surface area contributed by atoms with Crippen molar-refractivity contribution in [2.45, 2.75) is 19.4 Å². The Hall–Kier alpha value is -1.46. The Balaban J connectivity index is 2.52. The molecule has 1 atom stereocenters. The predicted octanol–water partition coefficient (Wildman–Crippen LogP) is 2.14. The van der Waals surface area contributed by atoms with Gasteiger partial charge in [-0.3, -0.25) is 0 Å². The molecule has 0 fully saturated rings. The molecule has 0 radical (unpaired) electrons. The molecule has 0 amide bonds. The standard InChI is InChI=1S/C12H14O2/c1-3-4-9-14-12-7-5-11(6-8-12)10(2)13/h1,5-8,10,13H,4,9H2,2H3. The molecule has 1 aromatic carbocycles. The van der Waals surface area contributed by atoms with Crippen molar-refractivity contribution in [3.63, 3.8) is 0 Å². The fourth-order valence-corrected chi connectivity index (χ4v) is 1.07. The smallest absolute Gasteiger partial charge is 0.119 e. The molecule has 0 aliphatic heterocycles. The normalized spacial score (nSPS) is 11.8. The first-order valence-corrected chi connectivity index (χ1v) is 4.58. The summed E-state index contributed by atoms with van der Waals surface area (Å²) in [6.45, 7) is 2.26. The van der Waals surface area contributed by atoms with Crippen LogP contribution in [0.15, 0.2) is 24.3 Å². The fraction of sp³-hybridized carbons (Fsp3) is 0.333. The van der Waals surface area contributed by atoms with Gasteiger partial charge >= 0.3 is 0 Å². The van der Waals surface area contributed by atoms with E-state index >= 15 is 0 Å². The van der Waals surface area contributed by atoms with Crippen LogP contribution in [0.25, 0.3) is 0 Å². The molecule has 1 unspecified atom stereocenters. The van der Waals surface area contributed by atoms with Crippen molar-refractivity contribution < 1.29 is 9.84 Å². The van der Waals surface area contributed by atoms with Gasteiger partial charge in [0.15, 0.2) is 0 Å². The molecule has 0 aliphatic rings. The van der Waals surface area contributed by atoms with Crippen LogP contribution in [0, 0.1) is 12.3 Å². The van der Waals surface area contributed by atoms with Gasteiger partial charge < -0.3 is 9.84 Å². The molecule has 1 aromatic rings. The third-order valence-corrected chi connectivity index (χ3v) is 1.88. The third-order valence-electron chi connectivity index (χ3n) is 1.88. The molecule has 0 spiro atoms. The minimum atomic E-state index is -0.435. The number of ether oxygens (including phenoxy) is 1. The van der Waals surface area contributed by atoms with E-state index in [1.54, 1.807) is 6.92 Å². The first-order valence-electron chi connectivity index (χ1n) is 4.58. The van der Waals surface area contributed by atoms with Crippen LogP contribution in [0.3, 0.4) is 0 Å². The Morgan fingerprint density at radius 1 is 1.43 bits per heavy atom. The van der Waals surface area contributed by atoms with E-state index in [1.165, 1.54) is 0 Å². The van der Waals surface area contributed by atoms with Crippen molar-refractivity contribution in [1.29, 1.82) is 0 Å². The Kier molecular flexibility index (Phi) is 4.03. The minimum absolute atomic E-state index is 0.435. The van der Waals surface area contributed by atoms with E-state index in [4.69, 9.17) is 11.2 Å². The summed E-state index contributed by atoms with van der Waals surface area (Å²) in [5, 5.41) is 9.26. The van der Waals surface area contributed by atoms with E-state index in [0.29, 0.717) is 13.0 Å². The van der Waals surface area contributed by atoms with Gasteiger partial charge in [-0.2, -0.15) is 0 Å². The molecule has 1 N–H and O–H groups in total. The third kappa shape index (κ3) is 3.12. The van der Waals surface area contributed by atoms with Gasteiger partial charge in [0.05, 0.1) is 12.7 Å². The van der Waals surface area contributed by atoms with Gasteiger partial charge in [-0.25, -0.2) is 0 Å². The molecule has 14 heavy (non-hydrogen) atoms. The molecular weight excluding hydrogens is 176 g/mol. The van der Waals surface area contributed by atoms with Crippen molar-refractivity contribution in [3.8, 4) is 18.1 Å². The quantitative estimate of drug-likeness (QED) is 0.582. The van der Waals surface area contributed by atoms with Gasteiger partial charge in [-0.15, -0.1) is 12.3 Å². The summed E-state index contributed by atoms with van der Waals surface area (Å²) in [4.78, 5) is 0. The van der Waals surface area contributed by atoms with Crippen LogP contribution in [0.4, 0.5) is 0 Å². The molecule has 0 saturated heterocycles. The van der Waals surface area contributed by atoms with Gasteiger partial charge in [0.2, 0.25) is 0 Å². The Morgan fingerprint density at radius 3 is 2.57 bits per heavy atom. The highest BCUT2D eigenvalue weighted by Crippen LogP contribution is 2.17. The summed E-state index contributed by atoms with van der Waals surface area (Å²) >= 11 is 0. The van der Waals surface area contributed by atoms with Crippen molar-refractivity contribution >= 4 is 0 Å². The molecule has 0 bridgehead atoms. The van der Waals surface area contributed by atoms with Crippen LogP contribution >= 0.6 is 0 Å². The van der Waals surface area contributed by atoms with Crippen molar-refractivity contribution in [2.75, 3.05) is 6.61 Å². The topological polar surface area (TPSA) is 29.5 Å². The Morgan fingerprint density at radius 2 is 2.07 bits per heavy atom. The molecule has 74 valence electrons. The van der Waals surface area contributed by atoms with Crippen LogP contribution in [0.5, 0.6) is 5.75 Å². The van der Waals surface area contributed by atoms with Crippen LogP contribution in [-0.2, 0) is 0 Å². The summed E-state index contributed by atoms with van der Waals surface area (Å²) in [5.41, 5.74) is 0.884. The zero-order valence-corrected chi connectivity index (χ0v) is 8.23. The van der Waals surface area contributed by atoms with E-state index in [-0.39, 0.29) is 0 Å². The zero-order chi connectivity index (χ0) is 10.4. The number of aliphatic hydroxyl groups is 1. The summed E-state index contributed by atoms with van der Waals surface area (Å²) in [6.07, 6.45) is 5.27. The summed E-state index contributed by atoms with van der Waals surface area (Å²) in [7, 11) is 0. The monoisotopic (exact) mass is 190 g/mol. The van der Waals surface area contributed by atoms with Crippen molar-refractivity contribution in [3.05, 3.63) is 29.8 Å². The molecule has 1 rings (SSSR count). The second-order valence-corrected chi connectivity index (χ2v) is 3.05. The van der Waals surface area contributed by atoms with Crippen LogP contribution in [-0.4, -0.2) is 11.7 Å². The van der Waals surface area contributed by atoms with E-state index in [0.717, 1.165) is 11.3 Å². The van der Waals surface area contributed by atoms with Gasteiger partial charge in [-0.05, 0) is 24.6 Å². The number of rotatable bonds is 4. The highest BCUT2D eigenvalue weighted by Gasteiger charge is 1.99. The first-order chi connectivity index (χ1) is 6.74. The lowest BCUT2D eigenvalue weighted by atomic mass is 10.1. The average molecular weight is 190 g/mol. The maximum atomic E-state index is 9.26.